The summed E-state index contributed by atoms with van der Waals surface area (Å²) in [5, 5.41) is -0.362. The van der Waals surface area contributed by atoms with Crippen molar-refractivity contribution in [1.29, 1.82) is 0 Å². The summed E-state index contributed by atoms with van der Waals surface area (Å²) in [6.07, 6.45) is 0. The molecule has 1 aromatic carbocycles. The van der Waals surface area contributed by atoms with Crippen LogP contribution >= 0.6 is 11.6 Å². The maximum Gasteiger partial charge on any atom is 0.217 e. The highest BCUT2D eigenvalue weighted by Gasteiger charge is 2.15. The predicted octanol–water partition coefficient (Wildman–Crippen LogP) is 1.22. The zero-order valence-corrected chi connectivity index (χ0v) is 8.62. The smallest absolute Gasteiger partial charge is 0.217 e. The number of carbonyl (C=O) groups is 1. The van der Waals surface area contributed by atoms with Crippen LogP contribution in [-0.2, 0) is 15.1 Å². The van der Waals surface area contributed by atoms with Crippen molar-refractivity contribution < 1.29 is 13.2 Å². The van der Waals surface area contributed by atoms with E-state index in [1.807, 2.05) is 0 Å². The molecule has 0 N–H and O–H groups in total. The van der Waals surface area contributed by atoms with E-state index in [0.29, 0.717) is 10.9 Å². The number of hydrogen-bond donors (Lipinski definition) is 0. The van der Waals surface area contributed by atoms with Crippen molar-refractivity contribution in [2.24, 2.45) is 0 Å². The van der Waals surface area contributed by atoms with Gasteiger partial charge in [-0.2, -0.15) is 8.42 Å². The van der Waals surface area contributed by atoms with Gasteiger partial charge >= 0.3 is 0 Å². The molecular weight excluding hydrogens is 224 g/mol. The first kappa shape index (κ1) is 10.9. The molecule has 0 amide bonds. The minimum Gasteiger partial charge on any atom is -0.292 e. The topological polar surface area (TPSA) is 51.2 Å². The van der Waals surface area contributed by atoms with Crippen LogP contribution in [0.4, 0.5) is 0 Å². The summed E-state index contributed by atoms with van der Waals surface area (Å²) < 4.78 is 20.4. The average molecular weight is 231 g/mol. The van der Waals surface area contributed by atoms with Crippen LogP contribution in [0.25, 0.3) is 0 Å². The average Bonchev–Trinajstić information content (AvgIpc) is 2.17. The van der Waals surface area contributed by atoms with Gasteiger partial charge in [0.05, 0.1) is 0 Å². The third kappa shape index (κ3) is 2.97. The van der Waals surface area contributed by atoms with E-state index in [-0.39, 0.29) is 0 Å². The van der Waals surface area contributed by atoms with Crippen molar-refractivity contribution in [2.75, 3.05) is 0 Å². The van der Waals surface area contributed by atoms with Gasteiger partial charge in [-0.1, -0.05) is 30.3 Å². The standard InChI is InChI=1S/C9H7ClO3S/c10-9(8(11)6-14(12)13)7-4-2-1-3-5-7/h1-6,9H. The molecule has 0 aliphatic heterocycles. The number of rotatable bonds is 3. The van der Waals surface area contributed by atoms with Gasteiger partial charge in [-0.3, -0.25) is 4.79 Å². The summed E-state index contributed by atoms with van der Waals surface area (Å²) in [6, 6.07) is 8.57. The van der Waals surface area contributed by atoms with Gasteiger partial charge in [0.15, 0.2) is 5.78 Å². The fraction of sp³-hybridized carbons (Fsp3) is 0.111. The SMILES string of the molecule is O=C(C=S(=O)=O)C(Cl)c1ccccc1. The Morgan fingerprint density at radius 1 is 1.29 bits per heavy atom. The highest BCUT2D eigenvalue weighted by atomic mass is 35.5. The first-order valence-corrected chi connectivity index (χ1v) is 5.34. The third-order valence-corrected chi connectivity index (χ3v) is 2.45. The summed E-state index contributed by atoms with van der Waals surface area (Å²) in [5.41, 5.74) is 0.584. The van der Waals surface area contributed by atoms with Crippen LogP contribution in [0.2, 0.25) is 0 Å². The summed E-state index contributed by atoms with van der Waals surface area (Å²) in [5.74, 6) is -0.633. The summed E-state index contributed by atoms with van der Waals surface area (Å²) >= 11 is 5.75. The Kier molecular flexibility index (Phi) is 3.85. The maximum atomic E-state index is 11.2. The molecule has 1 rings (SSSR count). The minimum absolute atomic E-state index is 0.574. The van der Waals surface area contributed by atoms with Crippen molar-refractivity contribution in [2.45, 2.75) is 5.38 Å². The van der Waals surface area contributed by atoms with E-state index < -0.39 is 21.5 Å². The zero-order chi connectivity index (χ0) is 10.6. The van der Waals surface area contributed by atoms with Crippen LogP contribution in [0.1, 0.15) is 10.9 Å². The van der Waals surface area contributed by atoms with Gasteiger partial charge in [0.1, 0.15) is 10.7 Å². The molecule has 0 bridgehead atoms. The Balaban J connectivity index is 2.92. The van der Waals surface area contributed by atoms with Crippen LogP contribution in [0.5, 0.6) is 0 Å². The lowest BCUT2D eigenvalue weighted by atomic mass is 10.1. The van der Waals surface area contributed by atoms with Crippen LogP contribution in [0.3, 0.4) is 0 Å². The molecule has 0 fully saturated rings. The molecule has 0 saturated heterocycles. The molecule has 1 aromatic rings. The molecule has 3 nitrogen and oxygen atoms in total. The fourth-order valence-corrected chi connectivity index (χ4v) is 1.55. The normalized spacial score (nSPS) is 11.8. The predicted molar refractivity (Wildman–Crippen MR) is 55.0 cm³/mol. The summed E-state index contributed by atoms with van der Waals surface area (Å²) in [6.45, 7) is 0. The van der Waals surface area contributed by atoms with Crippen molar-refractivity contribution in [3.63, 3.8) is 0 Å². The van der Waals surface area contributed by atoms with Crippen molar-refractivity contribution in [3.05, 3.63) is 35.9 Å². The largest absolute Gasteiger partial charge is 0.292 e. The Morgan fingerprint density at radius 3 is 2.36 bits per heavy atom. The van der Waals surface area contributed by atoms with E-state index >= 15 is 0 Å². The number of hydrogen-bond acceptors (Lipinski definition) is 3. The van der Waals surface area contributed by atoms with Crippen LogP contribution in [0.15, 0.2) is 30.3 Å². The number of alkyl halides is 1. The number of carbonyl (C=O) groups excluding carboxylic acids is 1. The van der Waals surface area contributed by atoms with Gasteiger partial charge in [-0.05, 0) is 5.56 Å². The minimum atomic E-state index is -2.50. The molecule has 0 saturated carbocycles. The van der Waals surface area contributed by atoms with E-state index in [1.54, 1.807) is 30.3 Å². The van der Waals surface area contributed by atoms with E-state index in [0.717, 1.165) is 0 Å². The molecule has 0 radical (unpaired) electrons. The molecule has 1 atom stereocenters. The lowest BCUT2D eigenvalue weighted by Crippen LogP contribution is -2.08. The molecule has 74 valence electrons. The quantitative estimate of drug-likeness (QED) is 0.580. The van der Waals surface area contributed by atoms with E-state index in [9.17, 15) is 13.2 Å². The van der Waals surface area contributed by atoms with Gasteiger partial charge in [0.25, 0.3) is 0 Å². The van der Waals surface area contributed by atoms with Crippen molar-refractivity contribution in [3.8, 4) is 0 Å². The fourth-order valence-electron chi connectivity index (χ4n) is 0.941. The second-order valence-corrected chi connectivity index (χ2v) is 3.75. The summed E-state index contributed by atoms with van der Waals surface area (Å²) in [7, 11) is -2.50. The van der Waals surface area contributed by atoms with Crippen molar-refractivity contribution in [1.82, 2.24) is 0 Å². The monoisotopic (exact) mass is 230 g/mol. The number of ketones is 1. The maximum absolute atomic E-state index is 11.2. The number of Topliss-reactive ketones (excluding diaryl/α,β-unsaturated/α-hetero) is 1. The molecule has 1 unspecified atom stereocenters. The first-order chi connectivity index (χ1) is 6.61. The lowest BCUT2D eigenvalue weighted by Gasteiger charge is -2.03. The third-order valence-electron chi connectivity index (χ3n) is 1.55. The highest BCUT2D eigenvalue weighted by Crippen LogP contribution is 2.19. The van der Waals surface area contributed by atoms with Crippen LogP contribution in [-0.4, -0.2) is 19.6 Å². The second kappa shape index (κ2) is 4.93. The van der Waals surface area contributed by atoms with E-state index in [2.05, 4.69) is 0 Å². The van der Waals surface area contributed by atoms with Crippen molar-refractivity contribution >= 4 is 33.0 Å². The first-order valence-electron chi connectivity index (χ1n) is 3.77. The Bertz CT molecular complexity index is 442. The molecule has 0 spiro atoms. The molecular formula is C9H7ClO3S. The zero-order valence-electron chi connectivity index (χ0n) is 7.05. The second-order valence-electron chi connectivity index (χ2n) is 2.55. The van der Waals surface area contributed by atoms with Gasteiger partial charge < -0.3 is 0 Å². The summed E-state index contributed by atoms with van der Waals surface area (Å²) in [4.78, 5) is 11.2. The van der Waals surface area contributed by atoms with Gasteiger partial charge in [-0.15, -0.1) is 11.6 Å². The number of benzene rings is 1. The Labute approximate surface area is 87.9 Å². The molecule has 0 aliphatic carbocycles. The van der Waals surface area contributed by atoms with E-state index in [4.69, 9.17) is 11.6 Å². The van der Waals surface area contributed by atoms with Crippen LogP contribution in [0, 0.1) is 0 Å². The van der Waals surface area contributed by atoms with Gasteiger partial charge in [-0.25, -0.2) is 0 Å². The molecule has 0 aromatic heterocycles. The van der Waals surface area contributed by atoms with Gasteiger partial charge in [0.2, 0.25) is 10.3 Å². The molecule has 14 heavy (non-hydrogen) atoms. The molecule has 5 heteroatoms. The lowest BCUT2D eigenvalue weighted by molar-refractivity contribution is -0.112. The van der Waals surface area contributed by atoms with Crippen LogP contribution < -0.4 is 0 Å². The Morgan fingerprint density at radius 2 is 1.86 bits per heavy atom. The van der Waals surface area contributed by atoms with E-state index in [1.165, 1.54) is 0 Å². The molecule has 0 aliphatic rings. The number of halogens is 1. The molecule has 0 heterocycles. The van der Waals surface area contributed by atoms with Gasteiger partial charge in [0, 0.05) is 0 Å². The Hall–Kier alpha value is -1.13. The highest BCUT2D eigenvalue weighted by molar-refractivity contribution is 7.73.